The number of fused-ring (bicyclic) bond motifs is 4. The van der Waals surface area contributed by atoms with Crippen molar-refractivity contribution in [2.75, 3.05) is 14.2 Å². The molecule has 346 valence electrons. The van der Waals surface area contributed by atoms with E-state index in [0.29, 0.717) is 23.7 Å². The zero-order chi connectivity index (χ0) is 46.1. The third kappa shape index (κ3) is 8.10. The summed E-state index contributed by atoms with van der Waals surface area (Å²) in [5, 5.41) is 5.54. The summed E-state index contributed by atoms with van der Waals surface area (Å²) >= 11 is 0. The number of imidazole rings is 2. The number of carbonyl (C=O) groups excluding carboxylic acids is 4. The topological polar surface area (TPSA) is 175 Å². The molecule has 4 heterocycles. The van der Waals surface area contributed by atoms with Crippen LogP contribution in [0.1, 0.15) is 114 Å². The smallest absolute Gasteiger partial charge is 0.407 e. The molecule has 5 fully saturated rings. The van der Waals surface area contributed by atoms with Crippen LogP contribution in [0.2, 0.25) is 0 Å². The fraction of sp³-hybridized carbons (Fsp3) is 0.500. The molecule has 6 unspecified atom stereocenters. The van der Waals surface area contributed by atoms with Gasteiger partial charge in [0, 0.05) is 12.1 Å². The number of alkyl carbamates (subject to hydrolysis) is 2. The third-order valence-electron chi connectivity index (χ3n) is 15.5. The van der Waals surface area contributed by atoms with Crippen LogP contribution in [-0.2, 0) is 19.1 Å². The van der Waals surface area contributed by atoms with Crippen LogP contribution in [0.3, 0.4) is 0 Å². The Morgan fingerprint density at radius 3 is 1.83 bits per heavy atom. The summed E-state index contributed by atoms with van der Waals surface area (Å²) in [5.74, 6) is 3.21. The predicted molar refractivity (Wildman–Crippen MR) is 251 cm³/mol. The van der Waals surface area contributed by atoms with Crippen molar-refractivity contribution in [3.05, 3.63) is 95.7 Å². The van der Waals surface area contributed by atoms with Crippen LogP contribution in [0.15, 0.2) is 73.0 Å². The second kappa shape index (κ2) is 17.2. The van der Waals surface area contributed by atoms with E-state index in [0.717, 1.165) is 89.2 Å². The molecule has 6 aliphatic rings. The summed E-state index contributed by atoms with van der Waals surface area (Å²) < 4.78 is 9.69. The minimum Gasteiger partial charge on any atom is -0.453 e. The number of aromatic amines is 2. The number of rotatable bonds is 11. The first-order valence-corrected chi connectivity index (χ1v) is 23.9. The summed E-state index contributed by atoms with van der Waals surface area (Å²) in [6.45, 7) is 12.4. The van der Waals surface area contributed by atoms with Crippen LogP contribution < -0.4 is 10.6 Å². The molecule has 2 aromatic heterocycles. The molecule has 4 amide bonds. The van der Waals surface area contributed by atoms with Crippen molar-refractivity contribution < 1.29 is 28.7 Å². The number of benzene rings is 2. The highest BCUT2D eigenvalue weighted by molar-refractivity contribution is 5.90. The Kier molecular flexibility index (Phi) is 11.4. The normalized spacial score (nSPS) is 28.9. The molecule has 0 spiro atoms. The maximum atomic E-state index is 14.0. The van der Waals surface area contributed by atoms with Gasteiger partial charge >= 0.3 is 12.2 Å². The Hall–Kier alpha value is -6.18. The Labute approximate surface area is 386 Å². The van der Waals surface area contributed by atoms with Crippen LogP contribution in [0.25, 0.3) is 33.4 Å². The SMILES string of the molecule is C=C1CC2CCC2C/C(c2ccc(-c3cnc([C@@H]4CC5CC5N4C(=O)[C@@H](NC(=O)OC)C(C)C)[nH]3)cc2)=C\C=C/1c1ccc2nc([C@@H]3CC4CC4N3C(=O)[C@@H](NC(=O)OC)C(C)C)[nH]c2c1. The van der Waals surface area contributed by atoms with Crippen LogP contribution in [0.4, 0.5) is 9.59 Å². The fourth-order valence-corrected chi connectivity index (χ4v) is 11.4. The standard InChI is InChI=1S/C52H62N8O6/c1-26(2)45(57-51(63)65-6)49(61)59-41-21-35(41)23-43(59)47-53-25-40(56-47)30-10-8-29(9-11-30)32-14-16-37(28(5)18-31-12-13-33(31)19-32)34-15-17-38-39(20-34)55-48(54-38)44-24-36-22-42(36)60(44)50(62)46(27(3)4)58-52(64)66-7/h8-11,14-17,20,25-27,31,33,35-36,41-46H,5,12-13,18-19,21-24H2,1-4,6-7H3,(H,53,56)(H,54,55)(H,57,63)(H,58,64)/b32-14+,37-16+/t31?,33?,35?,36?,41?,42?,43-,44-,45-,46-/m0/s1. The van der Waals surface area contributed by atoms with Gasteiger partial charge in [0.1, 0.15) is 23.7 Å². The van der Waals surface area contributed by atoms with Crippen LogP contribution >= 0.6 is 0 Å². The molecule has 0 bridgehead atoms. The lowest BCUT2D eigenvalue weighted by atomic mass is 9.67. The minimum absolute atomic E-state index is 0.0913. The molecule has 4 aromatic rings. The predicted octanol–water partition coefficient (Wildman–Crippen LogP) is 8.88. The Bertz CT molecular complexity index is 2640. The number of nitrogens with zero attached hydrogens (tertiary/aromatic N) is 4. The van der Waals surface area contributed by atoms with E-state index in [1.54, 1.807) is 0 Å². The second-order valence-corrected chi connectivity index (χ2v) is 20.3. The van der Waals surface area contributed by atoms with Gasteiger partial charge in [-0.15, -0.1) is 0 Å². The van der Waals surface area contributed by atoms with Crippen LogP contribution in [-0.4, -0.2) is 92.1 Å². The minimum atomic E-state index is -0.686. The molecule has 2 saturated heterocycles. The van der Waals surface area contributed by atoms with Crippen LogP contribution in [0.5, 0.6) is 0 Å². The van der Waals surface area contributed by atoms with Gasteiger partial charge in [-0.2, -0.15) is 0 Å². The second-order valence-electron chi connectivity index (χ2n) is 20.3. The molecule has 2 aliphatic heterocycles. The lowest BCUT2D eigenvalue weighted by molar-refractivity contribution is -0.137. The fourth-order valence-electron chi connectivity index (χ4n) is 11.4. The number of hydrogen-bond acceptors (Lipinski definition) is 8. The van der Waals surface area contributed by atoms with Crippen molar-refractivity contribution in [1.29, 1.82) is 0 Å². The van der Waals surface area contributed by atoms with Crippen molar-refractivity contribution in [3.63, 3.8) is 0 Å². The summed E-state index contributed by atoms with van der Waals surface area (Å²) in [7, 11) is 2.62. The highest BCUT2D eigenvalue weighted by Gasteiger charge is 2.57. The number of methoxy groups -OCH3 is 2. The van der Waals surface area contributed by atoms with Gasteiger partial charge in [0.15, 0.2) is 0 Å². The lowest BCUT2D eigenvalue weighted by Crippen LogP contribution is -2.52. The molecule has 10 atom stereocenters. The Morgan fingerprint density at radius 1 is 0.697 bits per heavy atom. The molecule has 4 N–H and O–H groups in total. The Morgan fingerprint density at radius 2 is 1.26 bits per heavy atom. The first-order valence-electron chi connectivity index (χ1n) is 23.9. The first-order chi connectivity index (χ1) is 31.8. The molecule has 66 heavy (non-hydrogen) atoms. The number of allylic oxidation sites excluding steroid dienone is 5. The molecule has 14 heteroatoms. The summed E-state index contributed by atoms with van der Waals surface area (Å²) in [5.41, 5.74) is 9.49. The van der Waals surface area contributed by atoms with E-state index in [1.807, 2.05) is 43.7 Å². The average Bonchev–Trinajstić information content (AvgIpc) is 3.92. The zero-order valence-corrected chi connectivity index (χ0v) is 38.8. The molecule has 14 nitrogen and oxygen atoms in total. The summed E-state index contributed by atoms with van der Waals surface area (Å²) in [6.07, 6.45) is 13.2. The monoisotopic (exact) mass is 894 g/mol. The van der Waals surface area contributed by atoms with Gasteiger partial charge < -0.3 is 39.9 Å². The number of likely N-dealkylation sites (tertiary alicyclic amines) is 2. The number of amides is 4. The third-order valence-corrected chi connectivity index (χ3v) is 15.5. The van der Waals surface area contributed by atoms with E-state index in [2.05, 4.69) is 81.8 Å². The van der Waals surface area contributed by atoms with E-state index in [-0.39, 0.29) is 47.8 Å². The molecular formula is C52H62N8O6. The zero-order valence-electron chi connectivity index (χ0n) is 38.8. The molecular weight excluding hydrogens is 833 g/mol. The number of H-pyrrole nitrogens is 2. The van der Waals surface area contributed by atoms with Crippen molar-refractivity contribution in [2.45, 2.75) is 115 Å². The van der Waals surface area contributed by atoms with Gasteiger partial charge in [-0.25, -0.2) is 19.6 Å². The van der Waals surface area contributed by atoms with Crippen molar-refractivity contribution in [2.24, 2.45) is 35.5 Å². The lowest BCUT2D eigenvalue weighted by Gasteiger charge is -2.38. The van der Waals surface area contributed by atoms with Gasteiger partial charge in [0.2, 0.25) is 11.8 Å². The largest absolute Gasteiger partial charge is 0.453 e. The molecule has 3 saturated carbocycles. The van der Waals surface area contributed by atoms with Gasteiger partial charge in [0.25, 0.3) is 0 Å². The molecule has 0 radical (unpaired) electrons. The van der Waals surface area contributed by atoms with Crippen molar-refractivity contribution in [1.82, 2.24) is 40.4 Å². The van der Waals surface area contributed by atoms with Gasteiger partial charge in [-0.3, -0.25) is 9.59 Å². The first kappa shape index (κ1) is 43.7. The van der Waals surface area contributed by atoms with E-state index >= 15 is 0 Å². The average molecular weight is 895 g/mol. The molecule has 2 aromatic carbocycles. The van der Waals surface area contributed by atoms with Crippen molar-refractivity contribution in [3.8, 4) is 11.3 Å². The van der Waals surface area contributed by atoms with Gasteiger partial charge in [-0.1, -0.05) is 76.8 Å². The highest BCUT2D eigenvalue weighted by atomic mass is 16.5. The number of piperidine rings is 2. The van der Waals surface area contributed by atoms with E-state index in [9.17, 15) is 19.2 Å². The summed E-state index contributed by atoms with van der Waals surface area (Å²) in [6, 6.07) is 13.7. The molecule has 10 rings (SSSR count). The quantitative estimate of drug-likeness (QED) is 0.116. The van der Waals surface area contributed by atoms with Crippen molar-refractivity contribution >= 4 is 46.2 Å². The van der Waals surface area contributed by atoms with Gasteiger partial charge in [0.05, 0.1) is 49.2 Å². The number of carbonyl (C=O) groups is 4. The number of aromatic nitrogens is 4. The van der Waals surface area contributed by atoms with E-state index < -0.39 is 24.3 Å². The van der Waals surface area contributed by atoms with Crippen LogP contribution in [0, 0.1) is 35.5 Å². The number of nitrogens with one attached hydrogen (secondary N) is 4. The summed E-state index contributed by atoms with van der Waals surface area (Å²) in [4.78, 5) is 73.2. The van der Waals surface area contributed by atoms with E-state index in [4.69, 9.17) is 19.4 Å². The number of ether oxygens (including phenoxy) is 2. The Balaban J connectivity index is 0.884. The van der Waals surface area contributed by atoms with E-state index in [1.165, 1.54) is 38.2 Å². The maximum absolute atomic E-state index is 14.0. The van der Waals surface area contributed by atoms with Gasteiger partial charge in [-0.05, 0) is 132 Å². The maximum Gasteiger partial charge on any atom is 0.407 e. The molecule has 4 aliphatic carbocycles. The number of hydrogen-bond donors (Lipinski definition) is 4. The highest BCUT2D eigenvalue weighted by Crippen LogP contribution is 2.55.